The molecule has 1 aromatic carbocycles. The molecule has 92 valence electrons. The van der Waals surface area contributed by atoms with Crippen LogP contribution < -0.4 is 0 Å². The van der Waals surface area contributed by atoms with Crippen molar-refractivity contribution in [3.63, 3.8) is 0 Å². The summed E-state index contributed by atoms with van der Waals surface area (Å²) in [5.41, 5.74) is 4.99. The number of hydrogen-bond donors (Lipinski definition) is 0. The van der Waals surface area contributed by atoms with E-state index in [1.165, 1.54) is 6.08 Å². The molecule has 3 heteroatoms. The van der Waals surface area contributed by atoms with Crippen molar-refractivity contribution in [1.29, 1.82) is 0 Å². The van der Waals surface area contributed by atoms with Gasteiger partial charge in [-0.15, -0.1) is 0 Å². The van der Waals surface area contributed by atoms with Crippen LogP contribution in [0.25, 0.3) is 16.8 Å². The van der Waals surface area contributed by atoms with Gasteiger partial charge in [-0.05, 0) is 43.5 Å². The molecule has 2 rings (SSSR count). The number of allylic oxidation sites excluding steroid dienone is 2. The first-order chi connectivity index (χ1) is 8.63. The number of rotatable bonds is 3. The molecule has 0 fully saturated rings. The van der Waals surface area contributed by atoms with Crippen LogP contribution in [0.15, 0.2) is 34.9 Å². The Morgan fingerprint density at radius 2 is 1.94 bits per heavy atom. The number of benzene rings is 1. The number of aromatic nitrogens is 1. The summed E-state index contributed by atoms with van der Waals surface area (Å²) >= 11 is 0. The minimum atomic E-state index is 0.625. The Balaban J connectivity index is 2.48. The van der Waals surface area contributed by atoms with Crippen molar-refractivity contribution in [2.75, 3.05) is 0 Å². The third kappa shape index (κ3) is 2.25. The minimum absolute atomic E-state index is 0.625. The molecule has 0 spiro atoms. The molecular weight excluding hydrogens is 226 g/mol. The average Bonchev–Trinajstić information content (AvgIpc) is 2.78. The summed E-state index contributed by atoms with van der Waals surface area (Å²) in [7, 11) is 0. The summed E-state index contributed by atoms with van der Waals surface area (Å²) in [4.78, 5) is 10.4. The lowest BCUT2D eigenvalue weighted by molar-refractivity contribution is -0.104. The average molecular weight is 241 g/mol. The van der Waals surface area contributed by atoms with Gasteiger partial charge in [-0.2, -0.15) is 0 Å². The summed E-state index contributed by atoms with van der Waals surface area (Å²) in [6.07, 6.45) is 2.21. The number of aryl methyl sites for hydroxylation is 2. The predicted octanol–water partition coefficient (Wildman–Crippen LogP) is 3.56. The summed E-state index contributed by atoms with van der Waals surface area (Å²) in [5.74, 6) is 0.625. The lowest BCUT2D eigenvalue weighted by Gasteiger charge is -2.04. The van der Waals surface area contributed by atoms with E-state index in [2.05, 4.69) is 5.16 Å². The monoisotopic (exact) mass is 241 g/mol. The molecule has 0 saturated carbocycles. The van der Waals surface area contributed by atoms with E-state index in [9.17, 15) is 4.79 Å². The lowest BCUT2D eigenvalue weighted by Crippen LogP contribution is -1.87. The highest BCUT2D eigenvalue weighted by atomic mass is 16.5. The second kappa shape index (κ2) is 5.00. The van der Waals surface area contributed by atoms with Gasteiger partial charge in [0.1, 0.15) is 12.0 Å². The first-order valence-corrected chi connectivity index (χ1v) is 5.79. The Kier molecular flexibility index (Phi) is 3.42. The Labute approximate surface area is 106 Å². The molecule has 0 aliphatic carbocycles. The third-order valence-electron chi connectivity index (χ3n) is 2.95. The van der Waals surface area contributed by atoms with E-state index in [1.807, 2.05) is 45.0 Å². The zero-order valence-corrected chi connectivity index (χ0v) is 10.7. The highest BCUT2D eigenvalue weighted by Gasteiger charge is 2.11. The van der Waals surface area contributed by atoms with E-state index in [1.54, 1.807) is 0 Å². The SMILES string of the molecule is CC(=CC=O)c1cc(-c2c(C)cccc2C)no1. The van der Waals surface area contributed by atoms with Crippen LogP contribution in [0, 0.1) is 13.8 Å². The highest BCUT2D eigenvalue weighted by molar-refractivity contribution is 5.80. The van der Waals surface area contributed by atoms with Gasteiger partial charge in [0.15, 0.2) is 5.76 Å². The van der Waals surface area contributed by atoms with E-state index in [0.29, 0.717) is 5.76 Å². The normalized spacial score (nSPS) is 11.6. The molecule has 0 bridgehead atoms. The molecule has 0 aliphatic heterocycles. The second-order valence-corrected chi connectivity index (χ2v) is 4.33. The quantitative estimate of drug-likeness (QED) is 0.609. The fraction of sp³-hybridized carbons (Fsp3) is 0.200. The molecule has 18 heavy (non-hydrogen) atoms. The van der Waals surface area contributed by atoms with Crippen molar-refractivity contribution in [3.8, 4) is 11.3 Å². The molecule has 1 heterocycles. The van der Waals surface area contributed by atoms with Gasteiger partial charge in [-0.1, -0.05) is 23.4 Å². The van der Waals surface area contributed by atoms with Crippen LogP contribution in [0.2, 0.25) is 0 Å². The molecular formula is C15H15NO2. The highest BCUT2D eigenvalue weighted by Crippen LogP contribution is 2.28. The summed E-state index contributed by atoms with van der Waals surface area (Å²) in [6.45, 7) is 5.92. The summed E-state index contributed by atoms with van der Waals surface area (Å²) in [6, 6.07) is 7.98. The van der Waals surface area contributed by atoms with Gasteiger partial charge in [0, 0.05) is 11.6 Å². The molecule has 0 atom stereocenters. The number of nitrogens with zero attached hydrogens (tertiary/aromatic N) is 1. The predicted molar refractivity (Wildman–Crippen MR) is 71.1 cm³/mol. The van der Waals surface area contributed by atoms with E-state index in [4.69, 9.17) is 4.52 Å². The molecule has 0 amide bonds. The van der Waals surface area contributed by atoms with Gasteiger partial charge in [-0.25, -0.2) is 0 Å². The van der Waals surface area contributed by atoms with Crippen LogP contribution in [0.3, 0.4) is 0 Å². The molecule has 0 aliphatic rings. The van der Waals surface area contributed by atoms with Gasteiger partial charge >= 0.3 is 0 Å². The number of aldehydes is 1. The molecule has 2 aromatic rings. The van der Waals surface area contributed by atoms with Gasteiger partial charge in [-0.3, -0.25) is 4.79 Å². The molecule has 0 radical (unpaired) electrons. The lowest BCUT2D eigenvalue weighted by atomic mass is 10.00. The number of hydrogen-bond acceptors (Lipinski definition) is 3. The van der Waals surface area contributed by atoms with Crippen molar-refractivity contribution in [3.05, 3.63) is 47.2 Å². The van der Waals surface area contributed by atoms with Crippen LogP contribution >= 0.6 is 0 Å². The maximum absolute atomic E-state index is 10.4. The maximum atomic E-state index is 10.4. The molecule has 0 saturated heterocycles. The Morgan fingerprint density at radius 3 is 2.56 bits per heavy atom. The van der Waals surface area contributed by atoms with Crippen LogP contribution in [0.4, 0.5) is 0 Å². The molecule has 3 nitrogen and oxygen atoms in total. The van der Waals surface area contributed by atoms with E-state index < -0.39 is 0 Å². The topological polar surface area (TPSA) is 43.1 Å². The maximum Gasteiger partial charge on any atom is 0.163 e. The third-order valence-corrected chi connectivity index (χ3v) is 2.95. The van der Waals surface area contributed by atoms with Crippen LogP contribution in [0.1, 0.15) is 23.8 Å². The molecule has 0 unspecified atom stereocenters. The van der Waals surface area contributed by atoms with Crippen LogP contribution in [-0.4, -0.2) is 11.4 Å². The second-order valence-electron chi connectivity index (χ2n) is 4.33. The molecule has 1 aromatic heterocycles. The zero-order chi connectivity index (χ0) is 13.1. The van der Waals surface area contributed by atoms with Crippen molar-refractivity contribution in [2.24, 2.45) is 0 Å². The van der Waals surface area contributed by atoms with Gasteiger partial charge in [0.25, 0.3) is 0 Å². The minimum Gasteiger partial charge on any atom is -0.356 e. The van der Waals surface area contributed by atoms with Gasteiger partial charge in [0.05, 0.1) is 0 Å². The zero-order valence-electron chi connectivity index (χ0n) is 10.7. The number of carbonyl (C=O) groups excluding carboxylic acids is 1. The van der Waals surface area contributed by atoms with Crippen molar-refractivity contribution in [2.45, 2.75) is 20.8 Å². The Hall–Kier alpha value is -2.16. The fourth-order valence-corrected chi connectivity index (χ4v) is 1.98. The fourth-order valence-electron chi connectivity index (χ4n) is 1.98. The molecule has 0 N–H and O–H groups in total. The summed E-state index contributed by atoms with van der Waals surface area (Å²) in [5, 5.41) is 4.08. The van der Waals surface area contributed by atoms with E-state index in [-0.39, 0.29) is 0 Å². The Morgan fingerprint density at radius 1 is 1.28 bits per heavy atom. The van der Waals surface area contributed by atoms with Crippen molar-refractivity contribution in [1.82, 2.24) is 5.16 Å². The first kappa shape index (κ1) is 12.3. The van der Waals surface area contributed by atoms with Crippen molar-refractivity contribution < 1.29 is 9.32 Å². The summed E-state index contributed by atoms with van der Waals surface area (Å²) < 4.78 is 5.27. The van der Waals surface area contributed by atoms with E-state index in [0.717, 1.165) is 34.2 Å². The largest absolute Gasteiger partial charge is 0.356 e. The smallest absolute Gasteiger partial charge is 0.163 e. The first-order valence-electron chi connectivity index (χ1n) is 5.79. The van der Waals surface area contributed by atoms with Crippen LogP contribution in [0.5, 0.6) is 0 Å². The van der Waals surface area contributed by atoms with Crippen LogP contribution in [-0.2, 0) is 4.79 Å². The van der Waals surface area contributed by atoms with Crippen molar-refractivity contribution >= 4 is 11.9 Å². The standard InChI is InChI=1S/C15H15NO2/c1-10(7-8-17)14-9-13(16-18-14)15-11(2)5-4-6-12(15)3/h4-9H,1-3H3. The Bertz CT molecular complexity index is 588. The number of carbonyl (C=O) groups is 1. The van der Waals surface area contributed by atoms with Gasteiger partial charge in [0.2, 0.25) is 0 Å². The van der Waals surface area contributed by atoms with E-state index >= 15 is 0 Å². The van der Waals surface area contributed by atoms with Gasteiger partial charge < -0.3 is 4.52 Å².